The summed E-state index contributed by atoms with van der Waals surface area (Å²) in [6.45, 7) is 6.74. The van der Waals surface area contributed by atoms with Crippen molar-refractivity contribution in [2.45, 2.75) is 37.6 Å². The molecule has 0 N–H and O–H groups in total. The predicted octanol–water partition coefficient (Wildman–Crippen LogP) is 3.40. The quantitative estimate of drug-likeness (QED) is 0.535. The van der Waals surface area contributed by atoms with Gasteiger partial charge in [-0.2, -0.15) is 9.61 Å². The van der Waals surface area contributed by atoms with Gasteiger partial charge in [-0.1, -0.05) is 31.5 Å². The van der Waals surface area contributed by atoms with Crippen molar-refractivity contribution in [3.05, 3.63) is 57.2 Å². The number of fused-ring (bicyclic) bond motifs is 1. The molecule has 0 amide bonds. The van der Waals surface area contributed by atoms with Gasteiger partial charge in [0, 0.05) is 29.3 Å². The fourth-order valence-corrected chi connectivity index (χ4v) is 3.29. The molecule has 0 atom stereocenters. The average Bonchev–Trinajstić information content (AvgIpc) is 2.88. The first-order valence-corrected chi connectivity index (χ1v) is 8.57. The molecule has 3 aromatic heterocycles. The Kier molecular flexibility index (Phi) is 4.46. The van der Waals surface area contributed by atoms with Crippen LogP contribution < -0.4 is 5.56 Å². The van der Waals surface area contributed by atoms with E-state index in [9.17, 15) is 4.79 Å². The van der Waals surface area contributed by atoms with Gasteiger partial charge in [0.15, 0.2) is 0 Å². The van der Waals surface area contributed by atoms with Gasteiger partial charge in [0.25, 0.3) is 5.56 Å². The standard InChI is InChI=1S/C16H17ClN4OS/c1-10(2)23-14-7-15-20(9-12-4-5-13(17)18-8-12)11(3)6-16(22)21(15)19-14/h4-8,10H,9H2,1-3H3. The Labute approximate surface area is 143 Å². The van der Waals surface area contributed by atoms with Gasteiger partial charge in [0.1, 0.15) is 15.8 Å². The van der Waals surface area contributed by atoms with Crippen LogP contribution in [0.4, 0.5) is 0 Å². The Bertz CT molecular complexity index is 899. The summed E-state index contributed by atoms with van der Waals surface area (Å²) < 4.78 is 3.52. The van der Waals surface area contributed by atoms with Gasteiger partial charge in [-0.05, 0) is 18.6 Å². The number of hydrogen-bond donors (Lipinski definition) is 0. The number of nitrogens with zero attached hydrogens (tertiary/aromatic N) is 4. The Morgan fingerprint density at radius 2 is 2.09 bits per heavy atom. The fourth-order valence-electron chi connectivity index (χ4n) is 2.39. The molecule has 3 aromatic rings. The third-order valence-electron chi connectivity index (χ3n) is 3.40. The molecule has 0 saturated carbocycles. The molecule has 7 heteroatoms. The molecule has 0 unspecified atom stereocenters. The van der Waals surface area contributed by atoms with Crippen molar-refractivity contribution >= 4 is 29.0 Å². The summed E-state index contributed by atoms with van der Waals surface area (Å²) in [5.41, 5.74) is 2.58. The highest BCUT2D eigenvalue weighted by Gasteiger charge is 2.12. The normalized spacial score (nSPS) is 11.5. The molecule has 0 aliphatic heterocycles. The number of pyridine rings is 1. The van der Waals surface area contributed by atoms with Crippen molar-refractivity contribution < 1.29 is 0 Å². The summed E-state index contributed by atoms with van der Waals surface area (Å²) >= 11 is 7.48. The van der Waals surface area contributed by atoms with E-state index in [2.05, 4.69) is 28.5 Å². The minimum atomic E-state index is -0.112. The third-order valence-corrected chi connectivity index (χ3v) is 4.53. The third kappa shape index (κ3) is 3.43. The van der Waals surface area contributed by atoms with Gasteiger partial charge in [-0.25, -0.2) is 4.98 Å². The molecule has 0 aromatic carbocycles. The van der Waals surface area contributed by atoms with Gasteiger partial charge in [-0.15, -0.1) is 11.8 Å². The lowest BCUT2D eigenvalue weighted by Crippen LogP contribution is -2.20. The summed E-state index contributed by atoms with van der Waals surface area (Å²) in [6.07, 6.45) is 1.75. The Morgan fingerprint density at radius 1 is 1.30 bits per heavy atom. The molecular formula is C16H17ClN4OS. The van der Waals surface area contributed by atoms with E-state index in [1.54, 1.807) is 30.1 Å². The smallest absolute Gasteiger partial charge is 0.274 e. The molecule has 5 nitrogen and oxygen atoms in total. The molecule has 0 saturated heterocycles. The van der Waals surface area contributed by atoms with Gasteiger partial charge >= 0.3 is 0 Å². The second-order valence-corrected chi connectivity index (χ2v) is 7.60. The first kappa shape index (κ1) is 16.1. The first-order chi connectivity index (χ1) is 10.9. The maximum Gasteiger partial charge on any atom is 0.274 e. The minimum absolute atomic E-state index is 0.112. The highest BCUT2D eigenvalue weighted by Crippen LogP contribution is 2.23. The van der Waals surface area contributed by atoms with Crippen molar-refractivity contribution in [3.8, 4) is 0 Å². The van der Waals surface area contributed by atoms with E-state index in [1.165, 1.54) is 4.52 Å². The first-order valence-electron chi connectivity index (χ1n) is 7.31. The van der Waals surface area contributed by atoms with E-state index >= 15 is 0 Å². The molecule has 0 fully saturated rings. The predicted molar refractivity (Wildman–Crippen MR) is 93.5 cm³/mol. The summed E-state index contributed by atoms with van der Waals surface area (Å²) in [5.74, 6) is 0. The SMILES string of the molecule is Cc1cc(=O)n2nc(SC(C)C)cc2n1Cc1ccc(Cl)nc1. The number of hydrogen-bond acceptors (Lipinski definition) is 4. The molecule has 120 valence electrons. The topological polar surface area (TPSA) is 52.2 Å². The highest BCUT2D eigenvalue weighted by molar-refractivity contribution is 7.99. The molecule has 0 bridgehead atoms. The fraction of sp³-hybridized carbons (Fsp3) is 0.312. The monoisotopic (exact) mass is 348 g/mol. The number of aromatic nitrogens is 4. The van der Waals surface area contributed by atoms with E-state index in [1.807, 2.05) is 19.1 Å². The van der Waals surface area contributed by atoms with Crippen molar-refractivity contribution in [2.24, 2.45) is 0 Å². The average molecular weight is 349 g/mol. The zero-order chi connectivity index (χ0) is 16.6. The van der Waals surface area contributed by atoms with Crippen molar-refractivity contribution in [3.63, 3.8) is 0 Å². The van der Waals surface area contributed by atoms with Crippen LogP contribution in [-0.4, -0.2) is 24.4 Å². The molecular weight excluding hydrogens is 332 g/mol. The largest absolute Gasteiger partial charge is 0.326 e. The van der Waals surface area contributed by atoms with Gasteiger partial charge < -0.3 is 4.57 Å². The molecule has 3 rings (SSSR count). The van der Waals surface area contributed by atoms with E-state index in [4.69, 9.17) is 11.6 Å². The lowest BCUT2D eigenvalue weighted by Gasteiger charge is -2.12. The summed E-state index contributed by atoms with van der Waals surface area (Å²) in [6, 6.07) is 7.27. The van der Waals surface area contributed by atoms with Gasteiger partial charge in [0.05, 0.1) is 6.54 Å². The van der Waals surface area contributed by atoms with Gasteiger partial charge in [-0.3, -0.25) is 4.79 Å². The van der Waals surface area contributed by atoms with E-state index in [0.717, 1.165) is 21.9 Å². The number of aryl methyl sites for hydroxylation is 1. The molecule has 23 heavy (non-hydrogen) atoms. The van der Waals surface area contributed by atoms with E-state index < -0.39 is 0 Å². The molecule has 0 spiro atoms. The zero-order valence-corrected chi connectivity index (χ0v) is 14.7. The van der Waals surface area contributed by atoms with Crippen LogP contribution in [0.15, 0.2) is 40.3 Å². The van der Waals surface area contributed by atoms with Crippen LogP contribution in [0.3, 0.4) is 0 Å². The molecule has 0 aliphatic carbocycles. The Hall–Kier alpha value is -1.79. The summed E-state index contributed by atoms with van der Waals surface area (Å²) in [4.78, 5) is 16.3. The van der Waals surface area contributed by atoms with E-state index in [-0.39, 0.29) is 5.56 Å². The maximum atomic E-state index is 12.2. The highest BCUT2D eigenvalue weighted by atomic mass is 35.5. The van der Waals surface area contributed by atoms with E-state index in [0.29, 0.717) is 16.9 Å². The van der Waals surface area contributed by atoms with Crippen molar-refractivity contribution in [1.29, 1.82) is 0 Å². The van der Waals surface area contributed by atoms with Crippen LogP contribution in [0, 0.1) is 6.92 Å². The van der Waals surface area contributed by atoms with Crippen LogP contribution >= 0.6 is 23.4 Å². The van der Waals surface area contributed by atoms with Crippen LogP contribution in [0.2, 0.25) is 5.15 Å². The lowest BCUT2D eigenvalue weighted by molar-refractivity contribution is 0.731. The summed E-state index contributed by atoms with van der Waals surface area (Å²) in [7, 11) is 0. The number of thioether (sulfide) groups is 1. The lowest BCUT2D eigenvalue weighted by atomic mass is 10.2. The Morgan fingerprint density at radius 3 is 2.74 bits per heavy atom. The second-order valence-electron chi connectivity index (χ2n) is 5.62. The van der Waals surface area contributed by atoms with Crippen LogP contribution in [0.5, 0.6) is 0 Å². The molecule has 0 radical (unpaired) electrons. The molecule has 0 aliphatic rings. The number of halogens is 1. The number of rotatable bonds is 4. The zero-order valence-electron chi connectivity index (χ0n) is 13.2. The van der Waals surface area contributed by atoms with Crippen LogP contribution in [0.1, 0.15) is 25.1 Å². The second kappa shape index (κ2) is 6.37. The summed E-state index contributed by atoms with van der Waals surface area (Å²) in [5, 5.41) is 6.15. The van der Waals surface area contributed by atoms with Crippen molar-refractivity contribution in [1.82, 2.24) is 19.2 Å². The van der Waals surface area contributed by atoms with Gasteiger partial charge in [0.2, 0.25) is 0 Å². The van der Waals surface area contributed by atoms with Crippen LogP contribution in [-0.2, 0) is 6.54 Å². The maximum absolute atomic E-state index is 12.2. The van der Waals surface area contributed by atoms with Crippen LogP contribution in [0.25, 0.3) is 5.65 Å². The Balaban J connectivity index is 2.09. The van der Waals surface area contributed by atoms with Crippen molar-refractivity contribution in [2.75, 3.05) is 0 Å². The molecule has 3 heterocycles. The minimum Gasteiger partial charge on any atom is -0.326 e.